The fourth-order valence-corrected chi connectivity index (χ4v) is 3.12. The van der Waals surface area contributed by atoms with Crippen LogP contribution in [0, 0.1) is 11.8 Å². The van der Waals surface area contributed by atoms with E-state index in [1.807, 2.05) is 51.3 Å². The van der Waals surface area contributed by atoms with Crippen molar-refractivity contribution >= 4 is 41.7 Å². The Labute approximate surface area is 160 Å². The second-order valence-electron chi connectivity index (χ2n) is 6.87. The molecule has 2 unspecified atom stereocenters. The van der Waals surface area contributed by atoms with E-state index in [2.05, 4.69) is 5.32 Å². The van der Waals surface area contributed by atoms with Gasteiger partial charge in [0.15, 0.2) is 0 Å². The van der Waals surface area contributed by atoms with E-state index in [0.29, 0.717) is 13.1 Å². The Balaban J connectivity index is 0.00000312. The van der Waals surface area contributed by atoms with Gasteiger partial charge in [-0.1, -0.05) is 13.8 Å². The predicted molar refractivity (Wildman–Crippen MR) is 106 cm³/mol. The summed E-state index contributed by atoms with van der Waals surface area (Å²) in [5.74, 6) is -0.208. The molecule has 140 valence electrons. The van der Waals surface area contributed by atoms with Gasteiger partial charge in [-0.15, -0.1) is 24.2 Å². The minimum Gasteiger partial charge on any atom is -0.349 e. The van der Waals surface area contributed by atoms with Crippen LogP contribution in [0.15, 0.2) is 29.2 Å². The largest absolute Gasteiger partial charge is 0.349 e. The molecule has 0 spiro atoms. The monoisotopic (exact) mass is 385 g/mol. The molecule has 1 aliphatic rings. The molecule has 2 atom stereocenters. The third-order valence-corrected chi connectivity index (χ3v) is 5.73. The fourth-order valence-electron chi connectivity index (χ4n) is 2.71. The van der Waals surface area contributed by atoms with Gasteiger partial charge in [-0.25, -0.2) is 0 Å². The van der Waals surface area contributed by atoms with Gasteiger partial charge in [-0.05, 0) is 43.4 Å². The molecular formula is C18H28ClN3O2S. The number of carbonyl (C=O) groups excluding carboxylic acids is 2. The van der Waals surface area contributed by atoms with Crippen LogP contribution in [-0.4, -0.2) is 36.7 Å². The molecule has 1 heterocycles. The summed E-state index contributed by atoms with van der Waals surface area (Å²) in [5, 5.41) is 3.05. The van der Waals surface area contributed by atoms with Crippen LogP contribution >= 0.6 is 24.2 Å². The van der Waals surface area contributed by atoms with Gasteiger partial charge >= 0.3 is 0 Å². The van der Waals surface area contributed by atoms with Crippen molar-refractivity contribution in [3.05, 3.63) is 24.3 Å². The zero-order chi connectivity index (χ0) is 17.9. The summed E-state index contributed by atoms with van der Waals surface area (Å²) in [6, 6.07) is 7.85. The highest BCUT2D eigenvalue weighted by atomic mass is 35.5. The lowest BCUT2D eigenvalue weighted by molar-refractivity contribution is -0.128. The van der Waals surface area contributed by atoms with E-state index in [1.165, 1.54) is 0 Å². The molecule has 25 heavy (non-hydrogen) atoms. The first-order valence-corrected chi connectivity index (χ1v) is 9.49. The second-order valence-corrected chi connectivity index (χ2v) is 7.75. The third kappa shape index (κ3) is 4.90. The summed E-state index contributed by atoms with van der Waals surface area (Å²) in [6.45, 7) is 6.81. The zero-order valence-electron chi connectivity index (χ0n) is 15.2. The van der Waals surface area contributed by atoms with Crippen molar-refractivity contribution in [1.29, 1.82) is 0 Å². The molecule has 2 rings (SSSR count). The Morgan fingerprint density at radius 1 is 1.40 bits per heavy atom. The maximum atomic E-state index is 12.6. The average Bonchev–Trinajstić information content (AvgIpc) is 2.96. The quantitative estimate of drug-likeness (QED) is 0.738. The number of hydrogen-bond donors (Lipinski definition) is 2. The van der Waals surface area contributed by atoms with Crippen LogP contribution in [0.1, 0.15) is 27.2 Å². The molecule has 0 saturated carbocycles. The van der Waals surface area contributed by atoms with Crippen LogP contribution in [0.4, 0.5) is 5.69 Å². The van der Waals surface area contributed by atoms with Gasteiger partial charge in [0.25, 0.3) is 0 Å². The molecule has 0 aromatic heterocycles. The summed E-state index contributed by atoms with van der Waals surface area (Å²) in [5.41, 5.74) is 6.23. The van der Waals surface area contributed by atoms with Crippen molar-refractivity contribution in [2.45, 2.75) is 37.6 Å². The van der Waals surface area contributed by atoms with E-state index in [9.17, 15) is 9.59 Å². The summed E-state index contributed by atoms with van der Waals surface area (Å²) in [7, 11) is 0. The molecule has 1 aromatic carbocycles. The number of amides is 2. The fraction of sp³-hybridized carbons (Fsp3) is 0.556. The molecule has 0 bridgehead atoms. The Morgan fingerprint density at radius 3 is 2.48 bits per heavy atom. The van der Waals surface area contributed by atoms with Gasteiger partial charge in [0.2, 0.25) is 11.8 Å². The molecule has 0 aliphatic carbocycles. The summed E-state index contributed by atoms with van der Waals surface area (Å²) in [6.07, 6.45) is 2.26. The molecule has 1 aromatic rings. The number of nitrogens with zero attached hydrogens (tertiary/aromatic N) is 1. The van der Waals surface area contributed by atoms with E-state index < -0.39 is 5.54 Å². The highest BCUT2D eigenvalue weighted by Gasteiger charge is 2.38. The number of anilines is 1. The minimum atomic E-state index is -0.451. The Kier molecular flexibility index (Phi) is 7.78. The number of thioether (sulfide) groups is 1. The maximum absolute atomic E-state index is 12.6. The Morgan fingerprint density at radius 2 is 2.00 bits per heavy atom. The van der Waals surface area contributed by atoms with Crippen LogP contribution in [0.2, 0.25) is 0 Å². The van der Waals surface area contributed by atoms with E-state index in [0.717, 1.165) is 10.6 Å². The normalized spacial score (nSPS) is 19.5. The molecule has 0 radical (unpaired) electrons. The van der Waals surface area contributed by atoms with Crippen LogP contribution in [0.25, 0.3) is 0 Å². The van der Waals surface area contributed by atoms with Gasteiger partial charge in [-0.2, -0.15) is 0 Å². The molecule has 1 saturated heterocycles. The van der Waals surface area contributed by atoms with Crippen molar-refractivity contribution < 1.29 is 9.59 Å². The van der Waals surface area contributed by atoms with Crippen molar-refractivity contribution in [2.24, 2.45) is 17.6 Å². The highest BCUT2D eigenvalue weighted by molar-refractivity contribution is 7.98. The summed E-state index contributed by atoms with van der Waals surface area (Å²) in [4.78, 5) is 27.8. The van der Waals surface area contributed by atoms with Crippen LogP contribution < -0.4 is 16.0 Å². The van der Waals surface area contributed by atoms with E-state index >= 15 is 0 Å². The number of benzene rings is 1. The van der Waals surface area contributed by atoms with E-state index in [1.54, 1.807) is 16.7 Å². The van der Waals surface area contributed by atoms with Gasteiger partial charge in [-0.3, -0.25) is 9.59 Å². The molecule has 2 amide bonds. The molecular weight excluding hydrogens is 358 g/mol. The number of halogens is 1. The Hall–Kier alpha value is -1.24. The van der Waals surface area contributed by atoms with E-state index in [-0.39, 0.29) is 42.5 Å². The number of nitrogens with two attached hydrogens (primary N) is 1. The Bertz CT molecular complexity index is 609. The van der Waals surface area contributed by atoms with Gasteiger partial charge in [0, 0.05) is 30.1 Å². The zero-order valence-corrected chi connectivity index (χ0v) is 16.9. The van der Waals surface area contributed by atoms with Crippen LogP contribution in [-0.2, 0) is 9.59 Å². The van der Waals surface area contributed by atoms with Crippen LogP contribution in [0.5, 0.6) is 0 Å². The van der Waals surface area contributed by atoms with Crippen molar-refractivity contribution in [3.8, 4) is 0 Å². The van der Waals surface area contributed by atoms with Gasteiger partial charge in [0.1, 0.15) is 0 Å². The van der Waals surface area contributed by atoms with Crippen molar-refractivity contribution in [2.75, 3.05) is 24.2 Å². The minimum absolute atomic E-state index is 0. The third-order valence-electron chi connectivity index (χ3n) is 4.99. The summed E-state index contributed by atoms with van der Waals surface area (Å²) >= 11 is 1.66. The lowest BCUT2D eigenvalue weighted by atomic mass is 9.87. The number of rotatable bonds is 6. The first-order valence-electron chi connectivity index (χ1n) is 8.27. The molecule has 3 N–H and O–H groups in total. The first kappa shape index (κ1) is 21.8. The molecule has 5 nitrogen and oxygen atoms in total. The van der Waals surface area contributed by atoms with Gasteiger partial charge < -0.3 is 16.0 Å². The standard InChI is InChI=1S/C18H27N3O2S.ClH/c1-12(2)18(3,11-19)20-17(23)13-9-16(22)21(10-13)14-5-7-15(24-4)8-6-14;/h5-8,12-13H,9-11,19H2,1-4H3,(H,20,23);1H. The molecule has 1 aliphatic heterocycles. The number of hydrogen-bond acceptors (Lipinski definition) is 4. The molecule has 7 heteroatoms. The van der Waals surface area contributed by atoms with Crippen molar-refractivity contribution in [3.63, 3.8) is 0 Å². The van der Waals surface area contributed by atoms with E-state index in [4.69, 9.17) is 5.73 Å². The van der Waals surface area contributed by atoms with Crippen LogP contribution in [0.3, 0.4) is 0 Å². The molecule has 1 fully saturated rings. The summed E-state index contributed by atoms with van der Waals surface area (Å²) < 4.78 is 0. The smallest absolute Gasteiger partial charge is 0.227 e. The lowest BCUT2D eigenvalue weighted by Gasteiger charge is -2.34. The number of carbonyl (C=O) groups is 2. The average molecular weight is 386 g/mol. The lowest BCUT2D eigenvalue weighted by Crippen LogP contribution is -2.56. The maximum Gasteiger partial charge on any atom is 0.227 e. The van der Waals surface area contributed by atoms with Crippen molar-refractivity contribution in [1.82, 2.24) is 5.32 Å². The number of nitrogens with one attached hydrogen (secondary N) is 1. The highest BCUT2D eigenvalue weighted by Crippen LogP contribution is 2.28. The second kappa shape index (κ2) is 8.92. The SMILES string of the molecule is CSc1ccc(N2CC(C(=O)NC(C)(CN)C(C)C)CC2=O)cc1.Cl. The van der Waals surface area contributed by atoms with Gasteiger partial charge in [0.05, 0.1) is 11.5 Å². The topological polar surface area (TPSA) is 75.4 Å². The predicted octanol–water partition coefficient (Wildman–Crippen LogP) is 2.67. The first-order chi connectivity index (χ1) is 11.3.